The standard InChI is InChI=1S/C15H22N4/c1-11-10-19(2)7-5-14(11)17-8-12-9-18-15-13(12)4-3-6-16-15/h3-4,6,9,11,14,17H,5,7-8,10H2,1-2H3,(H,16,18). The third kappa shape index (κ3) is 2.65. The van der Waals surface area contributed by atoms with Crippen molar-refractivity contribution in [1.29, 1.82) is 0 Å². The zero-order chi connectivity index (χ0) is 13.2. The first kappa shape index (κ1) is 12.6. The summed E-state index contributed by atoms with van der Waals surface area (Å²) < 4.78 is 0. The van der Waals surface area contributed by atoms with E-state index < -0.39 is 0 Å². The molecule has 0 aliphatic carbocycles. The van der Waals surface area contributed by atoms with Gasteiger partial charge in [0.05, 0.1) is 0 Å². The summed E-state index contributed by atoms with van der Waals surface area (Å²) >= 11 is 0. The highest BCUT2D eigenvalue weighted by Crippen LogP contribution is 2.18. The summed E-state index contributed by atoms with van der Waals surface area (Å²) in [6, 6.07) is 4.75. The predicted octanol–water partition coefficient (Wildman–Crippen LogP) is 1.99. The number of fused-ring (bicyclic) bond motifs is 1. The van der Waals surface area contributed by atoms with Crippen LogP contribution in [0.5, 0.6) is 0 Å². The molecule has 1 fully saturated rings. The van der Waals surface area contributed by atoms with Gasteiger partial charge in [0.15, 0.2) is 0 Å². The molecule has 1 aliphatic heterocycles. The van der Waals surface area contributed by atoms with E-state index in [2.05, 4.69) is 46.4 Å². The molecular formula is C15H22N4. The normalized spacial score (nSPS) is 24.9. The van der Waals surface area contributed by atoms with Crippen LogP contribution < -0.4 is 5.32 Å². The summed E-state index contributed by atoms with van der Waals surface area (Å²) in [4.78, 5) is 9.98. The van der Waals surface area contributed by atoms with E-state index in [1.807, 2.05) is 12.3 Å². The van der Waals surface area contributed by atoms with Crippen LogP contribution >= 0.6 is 0 Å². The van der Waals surface area contributed by atoms with Crippen molar-refractivity contribution < 1.29 is 0 Å². The van der Waals surface area contributed by atoms with Crippen LogP contribution in [-0.4, -0.2) is 41.0 Å². The lowest BCUT2D eigenvalue weighted by molar-refractivity contribution is 0.174. The number of rotatable bonds is 3. The zero-order valence-corrected chi connectivity index (χ0v) is 11.7. The van der Waals surface area contributed by atoms with E-state index in [9.17, 15) is 0 Å². The van der Waals surface area contributed by atoms with Crippen molar-refractivity contribution in [2.75, 3.05) is 20.1 Å². The fraction of sp³-hybridized carbons (Fsp3) is 0.533. The third-order valence-corrected chi connectivity index (χ3v) is 4.20. The summed E-state index contributed by atoms with van der Waals surface area (Å²) in [6.45, 7) is 5.64. The summed E-state index contributed by atoms with van der Waals surface area (Å²) in [5.74, 6) is 0.710. The molecular weight excluding hydrogens is 236 g/mol. The zero-order valence-electron chi connectivity index (χ0n) is 11.7. The Morgan fingerprint density at radius 1 is 1.53 bits per heavy atom. The molecule has 2 aromatic heterocycles. The average Bonchev–Trinajstić information content (AvgIpc) is 2.81. The van der Waals surface area contributed by atoms with E-state index in [-0.39, 0.29) is 0 Å². The molecule has 2 aromatic rings. The second-order valence-corrected chi connectivity index (χ2v) is 5.73. The molecule has 2 atom stereocenters. The minimum absolute atomic E-state index is 0.623. The molecule has 0 amide bonds. The molecule has 1 saturated heterocycles. The lowest BCUT2D eigenvalue weighted by atomic mass is 9.94. The second kappa shape index (κ2) is 5.31. The van der Waals surface area contributed by atoms with E-state index in [0.717, 1.165) is 12.2 Å². The average molecular weight is 258 g/mol. The van der Waals surface area contributed by atoms with E-state index in [1.165, 1.54) is 30.5 Å². The highest BCUT2D eigenvalue weighted by molar-refractivity contribution is 5.79. The van der Waals surface area contributed by atoms with Crippen LogP contribution in [0.3, 0.4) is 0 Å². The molecule has 2 unspecified atom stereocenters. The van der Waals surface area contributed by atoms with Crippen LogP contribution in [0.1, 0.15) is 18.9 Å². The number of hydrogen-bond donors (Lipinski definition) is 2. The minimum atomic E-state index is 0.623. The first-order valence-corrected chi connectivity index (χ1v) is 7.07. The maximum absolute atomic E-state index is 4.33. The van der Waals surface area contributed by atoms with Crippen molar-refractivity contribution >= 4 is 11.0 Å². The van der Waals surface area contributed by atoms with E-state index in [1.54, 1.807) is 0 Å². The van der Waals surface area contributed by atoms with E-state index in [0.29, 0.717) is 12.0 Å². The molecule has 19 heavy (non-hydrogen) atoms. The van der Waals surface area contributed by atoms with Crippen molar-refractivity contribution in [1.82, 2.24) is 20.2 Å². The van der Waals surface area contributed by atoms with Crippen LogP contribution in [0.15, 0.2) is 24.5 Å². The van der Waals surface area contributed by atoms with Gasteiger partial charge < -0.3 is 15.2 Å². The highest BCUT2D eigenvalue weighted by Gasteiger charge is 2.23. The van der Waals surface area contributed by atoms with Crippen LogP contribution in [0.2, 0.25) is 0 Å². The van der Waals surface area contributed by atoms with Gasteiger partial charge in [-0.2, -0.15) is 0 Å². The van der Waals surface area contributed by atoms with Crippen LogP contribution in [0.4, 0.5) is 0 Å². The van der Waals surface area contributed by atoms with Gasteiger partial charge in [0.25, 0.3) is 0 Å². The molecule has 0 radical (unpaired) electrons. The van der Waals surface area contributed by atoms with Gasteiger partial charge in [-0.3, -0.25) is 0 Å². The highest BCUT2D eigenvalue weighted by atomic mass is 15.1. The van der Waals surface area contributed by atoms with Gasteiger partial charge in [-0.1, -0.05) is 6.92 Å². The summed E-state index contributed by atoms with van der Waals surface area (Å²) in [7, 11) is 2.21. The minimum Gasteiger partial charge on any atom is -0.346 e. The molecule has 2 N–H and O–H groups in total. The van der Waals surface area contributed by atoms with Gasteiger partial charge >= 0.3 is 0 Å². The fourth-order valence-electron chi connectivity index (χ4n) is 3.06. The number of H-pyrrole nitrogens is 1. The summed E-state index contributed by atoms with van der Waals surface area (Å²) in [6.07, 6.45) is 5.14. The van der Waals surface area contributed by atoms with Gasteiger partial charge in [0, 0.05) is 36.9 Å². The number of nitrogens with one attached hydrogen (secondary N) is 2. The first-order chi connectivity index (χ1) is 9.24. The maximum Gasteiger partial charge on any atom is 0.137 e. The Bertz CT molecular complexity index is 548. The molecule has 3 rings (SSSR count). The lowest BCUT2D eigenvalue weighted by Gasteiger charge is -2.35. The maximum atomic E-state index is 4.33. The van der Waals surface area contributed by atoms with Gasteiger partial charge in [-0.25, -0.2) is 4.98 Å². The van der Waals surface area contributed by atoms with Crippen molar-refractivity contribution in [3.8, 4) is 0 Å². The Morgan fingerprint density at radius 2 is 2.42 bits per heavy atom. The van der Waals surface area contributed by atoms with Crippen LogP contribution in [0, 0.1) is 5.92 Å². The molecule has 0 aromatic carbocycles. The van der Waals surface area contributed by atoms with Crippen LogP contribution in [0.25, 0.3) is 11.0 Å². The molecule has 102 valence electrons. The molecule has 0 bridgehead atoms. The number of hydrogen-bond acceptors (Lipinski definition) is 3. The number of nitrogens with zero attached hydrogens (tertiary/aromatic N) is 2. The second-order valence-electron chi connectivity index (χ2n) is 5.73. The van der Waals surface area contributed by atoms with Crippen molar-refractivity contribution in [3.05, 3.63) is 30.1 Å². The Kier molecular flexibility index (Phi) is 3.53. The lowest BCUT2D eigenvalue weighted by Crippen LogP contribution is -2.46. The Balaban J connectivity index is 1.66. The third-order valence-electron chi connectivity index (χ3n) is 4.20. The topological polar surface area (TPSA) is 44.0 Å². The quantitative estimate of drug-likeness (QED) is 0.885. The number of pyridine rings is 1. The largest absolute Gasteiger partial charge is 0.346 e. The smallest absolute Gasteiger partial charge is 0.137 e. The fourth-order valence-corrected chi connectivity index (χ4v) is 3.06. The SMILES string of the molecule is CC1CN(C)CCC1NCc1c[nH]c2ncccc12. The predicted molar refractivity (Wildman–Crippen MR) is 78.0 cm³/mol. The Hall–Kier alpha value is -1.39. The van der Waals surface area contributed by atoms with E-state index >= 15 is 0 Å². The summed E-state index contributed by atoms with van der Waals surface area (Å²) in [5, 5.41) is 4.94. The van der Waals surface area contributed by atoms with Crippen molar-refractivity contribution in [2.45, 2.75) is 25.9 Å². The Labute approximate surface area is 114 Å². The molecule has 4 nitrogen and oxygen atoms in total. The molecule has 3 heterocycles. The molecule has 0 saturated carbocycles. The molecule has 1 aliphatic rings. The van der Waals surface area contributed by atoms with Crippen molar-refractivity contribution in [3.63, 3.8) is 0 Å². The first-order valence-electron chi connectivity index (χ1n) is 7.07. The monoisotopic (exact) mass is 258 g/mol. The molecule has 4 heteroatoms. The summed E-state index contributed by atoms with van der Waals surface area (Å²) in [5.41, 5.74) is 2.30. The van der Waals surface area contributed by atoms with Gasteiger partial charge in [-0.05, 0) is 43.6 Å². The van der Waals surface area contributed by atoms with Gasteiger partial charge in [0.2, 0.25) is 0 Å². The van der Waals surface area contributed by atoms with Gasteiger partial charge in [0.1, 0.15) is 5.65 Å². The number of piperidine rings is 1. The number of likely N-dealkylation sites (tertiary alicyclic amines) is 1. The Morgan fingerprint density at radius 3 is 3.26 bits per heavy atom. The number of aromatic amines is 1. The van der Waals surface area contributed by atoms with Crippen LogP contribution in [-0.2, 0) is 6.54 Å². The van der Waals surface area contributed by atoms with E-state index in [4.69, 9.17) is 0 Å². The van der Waals surface area contributed by atoms with Crippen molar-refractivity contribution in [2.24, 2.45) is 5.92 Å². The molecule has 0 spiro atoms. The van der Waals surface area contributed by atoms with Gasteiger partial charge in [-0.15, -0.1) is 0 Å². The number of aromatic nitrogens is 2.